The van der Waals surface area contributed by atoms with Crippen LogP contribution in [0.2, 0.25) is 0 Å². The molecule has 0 aliphatic carbocycles. The van der Waals surface area contributed by atoms with E-state index in [0.717, 1.165) is 12.3 Å². The lowest BCUT2D eigenvalue weighted by Crippen LogP contribution is -2.07. The number of pyridine rings is 1. The quantitative estimate of drug-likeness (QED) is 0.766. The van der Waals surface area contributed by atoms with E-state index >= 15 is 0 Å². The van der Waals surface area contributed by atoms with Gasteiger partial charge in [0.15, 0.2) is 0 Å². The van der Waals surface area contributed by atoms with Gasteiger partial charge in [0.2, 0.25) is 0 Å². The van der Waals surface area contributed by atoms with Crippen LogP contribution in [-0.2, 0) is 6.18 Å². The maximum Gasteiger partial charge on any atom is 0.433 e. The SMILES string of the molecule is Cc1n[c]cc(-c2ccc(C(F)(F)F)nc2)n1. The Morgan fingerprint density at radius 3 is 2.53 bits per heavy atom. The van der Waals surface area contributed by atoms with Crippen LogP contribution in [0.1, 0.15) is 11.5 Å². The number of aromatic nitrogens is 3. The lowest BCUT2D eigenvalue weighted by Gasteiger charge is -2.06. The van der Waals surface area contributed by atoms with Crippen molar-refractivity contribution in [2.75, 3.05) is 0 Å². The summed E-state index contributed by atoms with van der Waals surface area (Å²) >= 11 is 0. The number of hydrogen-bond donors (Lipinski definition) is 0. The summed E-state index contributed by atoms with van der Waals surface area (Å²) in [5.74, 6) is 0.502. The monoisotopic (exact) mass is 238 g/mol. The third kappa shape index (κ3) is 2.58. The summed E-state index contributed by atoms with van der Waals surface area (Å²) in [4.78, 5) is 11.2. The van der Waals surface area contributed by atoms with Crippen LogP contribution in [0.25, 0.3) is 11.3 Å². The normalized spacial score (nSPS) is 11.5. The number of rotatable bonds is 1. The Hall–Kier alpha value is -1.98. The summed E-state index contributed by atoms with van der Waals surface area (Å²) < 4.78 is 36.9. The molecule has 0 saturated carbocycles. The van der Waals surface area contributed by atoms with Gasteiger partial charge in [-0.05, 0) is 25.1 Å². The molecule has 0 aromatic carbocycles. The van der Waals surface area contributed by atoms with Gasteiger partial charge in [-0.25, -0.2) is 9.97 Å². The van der Waals surface area contributed by atoms with Gasteiger partial charge in [-0.1, -0.05) is 0 Å². The topological polar surface area (TPSA) is 38.7 Å². The summed E-state index contributed by atoms with van der Waals surface area (Å²) in [6, 6.07) is 3.75. The second kappa shape index (κ2) is 4.12. The van der Waals surface area contributed by atoms with Crippen molar-refractivity contribution in [2.24, 2.45) is 0 Å². The summed E-state index contributed by atoms with van der Waals surface area (Å²) in [6.07, 6.45) is -0.677. The molecule has 0 N–H and O–H groups in total. The van der Waals surface area contributed by atoms with E-state index in [0.29, 0.717) is 17.1 Å². The van der Waals surface area contributed by atoms with E-state index in [-0.39, 0.29) is 0 Å². The van der Waals surface area contributed by atoms with Crippen LogP contribution in [0.15, 0.2) is 24.4 Å². The molecule has 0 fully saturated rings. The zero-order chi connectivity index (χ0) is 12.5. The summed E-state index contributed by atoms with van der Waals surface area (Å²) in [5.41, 5.74) is 0.0782. The molecule has 0 bridgehead atoms. The van der Waals surface area contributed by atoms with Crippen molar-refractivity contribution in [3.8, 4) is 11.3 Å². The first kappa shape index (κ1) is 11.5. The second-order valence-electron chi connectivity index (χ2n) is 3.36. The Kier molecular flexibility index (Phi) is 2.79. The van der Waals surface area contributed by atoms with Crippen LogP contribution in [0.5, 0.6) is 0 Å². The van der Waals surface area contributed by atoms with E-state index in [1.54, 1.807) is 6.92 Å². The van der Waals surface area contributed by atoms with E-state index in [4.69, 9.17) is 0 Å². The van der Waals surface area contributed by atoms with E-state index in [2.05, 4.69) is 21.1 Å². The molecule has 17 heavy (non-hydrogen) atoms. The van der Waals surface area contributed by atoms with E-state index < -0.39 is 11.9 Å². The van der Waals surface area contributed by atoms with Crippen molar-refractivity contribution in [3.63, 3.8) is 0 Å². The largest absolute Gasteiger partial charge is 0.433 e. The van der Waals surface area contributed by atoms with Crippen LogP contribution in [0, 0.1) is 13.1 Å². The number of nitrogens with zero attached hydrogens (tertiary/aromatic N) is 3. The van der Waals surface area contributed by atoms with Crippen LogP contribution in [0.3, 0.4) is 0 Å². The Labute approximate surface area is 95.4 Å². The minimum atomic E-state index is -4.42. The van der Waals surface area contributed by atoms with E-state index in [1.807, 2.05) is 0 Å². The maximum absolute atomic E-state index is 12.3. The third-order valence-electron chi connectivity index (χ3n) is 2.06. The molecule has 6 heteroatoms. The molecule has 0 spiro atoms. The summed E-state index contributed by atoms with van der Waals surface area (Å²) in [6.45, 7) is 1.68. The first-order chi connectivity index (χ1) is 7.97. The Balaban J connectivity index is 2.36. The van der Waals surface area contributed by atoms with Gasteiger partial charge in [0.25, 0.3) is 0 Å². The number of aryl methyl sites for hydroxylation is 1. The highest BCUT2D eigenvalue weighted by atomic mass is 19.4. The maximum atomic E-state index is 12.3. The van der Waals surface area contributed by atoms with Crippen molar-refractivity contribution in [1.82, 2.24) is 15.0 Å². The zero-order valence-corrected chi connectivity index (χ0v) is 8.78. The van der Waals surface area contributed by atoms with Crippen molar-refractivity contribution in [3.05, 3.63) is 42.1 Å². The first-order valence-electron chi connectivity index (χ1n) is 4.72. The minimum absolute atomic E-state index is 0.499. The molecule has 0 aliphatic rings. The average Bonchev–Trinajstić information content (AvgIpc) is 2.28. The molecule has 1 radical (unpaired) electrons. The van der Waals surface area contributed by atoms with Crippen LogP contribution in [0.4, 0.5) is 13.2 Å². The number of alkyl halides is 3. The lowest BCUT2D eigenvalue weighted by molar-refractivity contribution is -0.141. The van der Waals surface area contributed by atoms with Crippen molar-refractivity contribution in [2.45, 2.75) is 13.1 Å². The molecule has 87 valence electrons. The van der Waals surface area contributed by atoms with Crippen LogP contribution < -0.4 is 0 Å². The van der Waals surface area contributed by atoms with Crippen LogP contribution >= 0.6 is 0 Å². The van der Waals surface area contributed by atoms with Crippen molar-refractivity contribution < 1.29 is 13.2 Å². The van der Waals surface area contributed by atoms with Crippen LogP contribution in [-0.4, -0.2) is 15.0 Å². The Morgan fingerprint density at radius 1 is 1.24 bits per heavy atom. The molecule has 0 unspecified atom stereocenters. The van der Waals surface area contributed by atoms with E-state index in [9.17, 15) is 13.2 Å². The molecular formula is C11H7F3N3. The molecule has 0 saturated heterocycles. The predicted octanol–water partition coefficient (Wildman–Crippen LogP) is 2.67. The van der Waals surface area contributed by atoms with Crippen molar-refractivity contribution >= 4 is 0 Å². The van der Waals surface area contributed by atoms with Gasteiger partial charge in [-0.15, -0.1) is 0 Å². The second-order valence-corrected chi connectivity index (χ2v) is 3.36. The molecule has 3 nitrogen and oxygen atoms in total. The highest BCUT2D eigenvalue weighted by Gasteiger charge is 2.32. The fourth-order valence-corrected chi connectivity index (χ4v) is 1.28. The molecule has 0 atom stereocenters. The van der Waals surface area contributed by atoms with Gasteiger partial charge in [-0.2, -0.15) is 13.2 Å². The van der Waals surface area contributed by atoms with Gasteiger partial charge >= 0.3 is 6.18 Å². The van der Waals surface area contributed by atoms with Gasteiger partial charge in [0.05, 0.1) is 11.9 Å². The molecule has 2 rings (SSSR count). The molecule has 2 aromatic heterocycles. The Morgan fingerprint density at radius 2 is 2.00 bits per heavy atom. The zero-order valence-electron chi connectivity index (χ0n) is 8.78. The third-order valence-corrected chi connectivity index (χ3v) is 2.06. The van der Waals surface area contributed by atoms with Gasteiger partial charge in [-0.3, -0.25) is 4.98 Å². The fourth-order valence-electron chi connectivity index (χ4n) is 1.28. The first-order valence-corrected chi connectivity index (χ1v) is 4.72. The standard InChI is InChI=1S/C11H7F3N3/c1-7-15-5-4-9(17-7)8-2-3-10(16-6-8)11(12,13)14/h2-4,6H,1H3. The van der Waals surface area contributed by atoms with Crippen molar-refractivity contribution in [1.29, 1.82) is 0 Å². The smallest absolute Gasteiger partial charge is 0.251 e. The minimum Gasteiger partial charge on any atom is -0.251 e. The lowest BCUT2D eigenvalue weighted by atomic mass is 10.2. The highest BCUT2D eigenvalue weighted by Crippen LogP contribution is 2.28. The van der Waals surface area contributed by atoms with E-state index in [1.165, 1.54) is 12.1 Å². The number of hydrogen-bond acceptors (Lipinski definition) is 3. The van der Waals surface area contributed by atoms with Gasteiger partial charge < -0.3 is 0 Å². The fraction of sp³-hybridized carbons (Fsp3) is 0.182. The molecular weight excluding hydrogens is 231 g/mol. The summed E-state index contributed by atoms with van der Waals surface area (Å²) in [5, 5.41) is 0. The average molecular weight is 238 g/mol. The Bertz CT molecular complexity index is 520. The summed E-state index contributed by atoms with van der Waals surface area (Å²) in [7, 11) is 0. The number of halogens is 3. The molecule has 2 heterocycles. The predicted molar refractivity (Wildman–Crippen MR) is 53.8 cm³/mol. The molecule has 0 amide bonds. The molecule has 0 aliphatic heterocycles. The van der Waals surface area contributed by atoms with Gasteiger partial charge in [0.1, 0.15) is 11.5 Å². The molecule has 2 aromatic rings. The highest BCUT2D eigenvalue weighted by molar-refractivity contribution is 5.57. The van der Waals surface area contributed by atoms with Gasteiger partial charge in [0, 0.05) is 11.8 Å².